The Bertz CT molecular complexity index is 769. The lowest BCUT2D eigenvalue weighted by Crippen LogP contribution is -1.92. The molecule has 0 aliphatic heterocycles. The Morgan fingerprint density at radius 2 is 1.20 bits per heavy atom. The van der Waals surface area contributed by atoms with E-state index in [0.717, 1.165) is 0 Å². The summed E-state index contributed by atoms with van der Waals surface area (Å²) < 4.78 is 0. The highest BCUT2D eigenvalue weighted by molar-refractivity contribution is 6.00. The van der Waals surface area contributed by atoms with E-state index >= 15 is 0 Å². The first-order valence-corrected chi connectivity index (χ1v) is 7.14. The second kappa shape index (κ2) is 4.79. The van der Waals surface area contributed by atoms with Crippen LogP contribution in [0, 0.1) is 27.7 Å². The van der Waals surface area contributed by atoms with Gasteiger partial charge >= 0.3 is 0 Å². The summed E-state index contributed by atoms with van der Waals surface area (Å²) in [6, 6.07) is 17.7. The summed E-state index contributed by atoms with van der Waals surface area (Å²) in [7, 11) is 0. The van der Waals surface area contributed by atoms with Crippen molar-refractivity contribution in [2.75, 3.05) is 0 Å². The van der Waals surface area contributed by atoms with Crippen molar-refractivity contribution in [1.82, 2.24) is 0 Å². The predicted molar refractivity (Wildman–Crippen MR) is 88.3 cm³/mol. The van der Waals surface area contributed by atoms with Gasteiger partial charge in [0, 0.05) is 0 Å². The minimum atomic E-state index is 1.32. The summed E-state index contributed by atoms with van der Waals surface area (Å²) >= 11 is 0. The number of aryl methyl sites for hydroxylation is 4. The fourth-order valence-corrected chi connectivity index (χ4v) is 3.08. The molecule has 0 heterocycles. The van der Waals surface area contributed by atoms with Gasteiger partial charge in [0.1, 0.15) is 0 Å². The molecule has 0 N–H and O–H groups in total. The zero-order valence-electron chi connectivity index (χ0n) is 12.6. The molecule has 0 aliphatic carbocycles. The largest absolute Gasteiger partial charge is 0.0617 e. The van der Waals surface area contributed by atoms with Gasteiger partial charge in [-0.1, -0.05) is 54.1 Å². The molecular formula is C20H20. The van der Waals surface area contributed by atoms with Crippen LogP contribution in [0.25, 0.3) is 21.9 Å². The fourth-order valence-electron chi connectivity index (χ4n) is 3.08. The molecule has 0 radical (unpaired) electrons. The molecule has 0 unspecified atom stereocenters. The van der Waals surface area contributed by atoms with Crippen molar-refractivity contribution in [1.29, 1.82) is 0 Å². The van der Waals surface area contributed by atoms with Gasteiger partial charge in [-0.3, -0.25) is 0 Å². The summed E-state index contributed by atoms with van der Waals surface area (Å²) in [5.41, 5.74) is 8.14. The Balaban J connectivity index is 2.47. The van der Waals surface area contributed by atoms with Crippen LogP contribution in [0.5, 0.6) is 0 Å². The standard InChI is InChI=1S/C20H20/c1-13-8-10-17-11-9-16(4)20(18(17)12-13)19-14(2)6-5-7-15(19)3/h5-12H,1-4H3. The minimum Gasteiger partial charge on any atom is -0.0617 e. The van der Waals surface area contributed by atoms with Crippen LogP contribution in [0.2, 0.25) is 0 Å². The van der Waals surface area contributed by atoms with Crippen LogP contribution in [0.1, 0.15) is 22.3 Å². The Morgan fingerprint density at radius 1 is 0.600 bits per heavy atom. The molecule has 0 amide bonds. The number of fused-ring (bicyclic) bond motifs is 1. The lowest BCUT2D eigenvalue weighted by molar-refractivity contribution is 1.36. The molecule has 20 heavy (non-hydrogen) atoms. The minimum absolute atomic E-state index is 1.32. The van der Waals surface area contributed by atoms with Gasteiger partial charge in [0.15, 0.2) is 0 Å². The smallest absolute Gasteiger partial charge is 0.00707 e. The van der Waals surface area contributed by atoms with Crippen molar-refractivity contribution in [2.45, 2.75) is 27.7 Å². The first kappa shape index (κ1) is 12.9. The van der Waals surface area contributed by atoms with Crippen molar-refractivity contribution >= 4 is 10.8 Å². The molecule has 0 spiro atoms. The van der Waals surface area contributed by atoms with E-state index in [1.54, 1.807) is 0 Å². The third-order valence-electron chi connectivity index (χ3n) is 4.12. The maximum atomic E-state index is 2.31. The summed E-state index contributed by atoms with van der Waals surface area (Å²) in [6.45, 7) is 8.78. The van der Waals surface area contributed by atoms with Gasteiger partial charge in [-0.25, -0.2) is 0 Å². The molecule has 0 heteroatoms. The van der Waals surface area contributed by atoms with Crippen molar-refractivity contribution in [3.05, 3.63) is 70.8 Å². The second-order valence-corrected chi connectivity index (χ2v) is 5.75. The van der Waals surface area contributed by atoms with Crippen molar-refractivity contribution in [3.63, 3.8) is 0 Å². The summed E-state index contributed by atoms with van der Waals surface area (Å²) in [6.07, 6.45) is 0. The topological polar surface area (TPSA) is 0 Å². The van der Waals surface area contributed by atoms with Crippen LogP contribution in [0.4, 0.5) is 0 Å². The fraction of sp³-hybridized carbons (Fsp3) is 0.200. The first-order chi connectivity index (χ1) is 9.58. The van der Waals surface area contributed by atoms with Gasteiger partial charge in [-0.05, 0) is 66.3 Å². The molecule has 0 bridgehead atoms. The van der Waals surface area contributed by atoms with E-state index in [1.165, 1.54) is 44.2 Å². The third-order valence-corrected chi connectivity index (χ3v) is 4.12. The van der Waals surface area contributed by atoms with Crippen LogP contribution >= 0.6 is 0 Å². The lowest BCUT2D eigenvalue weighted by atomic mass is 9.88. The van der Waals surface area contributed by atoms with E-state index in [2.05, 4.69) is 76.2 Å². The highest BCUT2D eigenvalue weighted by Gasteiger charge is 2.12. The first-order valence-electron chi connectivity index (χ1n) is 7.14. The molecule has 0 aliphatic rings. The molecule has 0 aromatic heterocycles. The zero-order valence-corrected chi connectivity index (χ0v) is 12.6. The maximum Gasteiger partial charge on any atom is -0.00707 e. The van der Waals surface area contributed by atoms with E-state index in [0.29, 0.717) is 0 Å². The van der Waals surface area contributed by atoms with Gasteiger partial charge in [0.05, 0.1) is 0 Å². The number of hydrogen-bond acceptors (Lipinski definition) is 0. The number of rotatable bonds is 1. The quantitative estimate of drug-likeness (QED) is 0.523. The molecule has 3 aromatic carbocycles. The van der Waals surface area contributed by atoms with Crippen molar-refractivity contribution < 1.29 is 0 Å². The highest BCUT2D eigenvalue weighted by Crippen LogP contribution is 2.36. The molecule has 100 valence electrons. The van der Waals surface area contributed by atoms with E-state index in [-0.39, 0.29) is 0 Å². The molecule has 0 nitrogen and oxygen atoms in total. The molecule has 0 saturated heterocycles. The SMILES string of the molecule is Cc1ccc2ccc(C)c(-c3c(C)cccc3C)c2c1. The van der Waals surface area contributed by atoms with Crippen LogP contribution in [0.15, 0.2) is 48.5 Å². The lowest BCUT2D eigenvalue weighted by Gasteiger charge is -2.16. The Kier molecular flexibility index (Phi) is 3.10. The van der Waals surface area contributed by atoms with Gasteiger partial charge in [-0.2, -0.15) is 0 Å². The summed E-state index contributed by atoms with van der Waals surface area (Å²) in [5.74, 6) is 0. The van der Waals surface area contributed by atoms with E-state index in [1.807, 2.05) is 0 Å². The number of benzene rings is 3. The highest BCUT2D eigenvalue weighted by atomic mass is 14.2. The van der Waals surface area contributed by atoms with E-state index < -0.39 is 0 Å². The van der Waals surface area contributed by atoms with Crippen molar-refractivity contribution in [3.8, 4) is 11.1 Å². The molecule has 0 saturated carbocycles. The molecule has 3 aromatic rings. The van der Waals surface area contributed by atoms with Crippen LogP contribution in [0.3, 0.4) is 0 Å². The van der Waals surface area contributed by atoms with Gasteiger partial charge < -0.3 is 0 Å². The summed E-state index contributed by atoms with van der Waals surface area (Å²) in [4.78, 5) is 0. The summed E-state index contributed by atoms with van der Waals surface area (Å²) in [5, 5.41) is 2.68. The van der Waals surface area contributed by atoms with E-state index in [4.69, 9.17) is 0 Å². The monoisotopic (exact) mass is 260 g/mol. The van der Waals surface area contributed by atoms with Gasteiger partial charge in [0.2, 0.25) is 0 Å². The average molecular weight is 260 g/mol. The zero-order chi connectivity index (χ0) is 14.3. The molecular weight excluding hydrogens is 240 g/mol. The van der Waals surface area contributed by atoms with Crippen LogP contribution < -0.4 is 0 Å². The second-order valence-electron chi connectivity index (χ2n) is 5.75. The molecule has 0 fully saturated rings. The van der Waals surface area contributed by atoms with Crippen LogP contribution in [-0.4, -0.2) is 0 Å². The normalized spacial score (nSPS) is 11.0. The number of hydrogen-bond donors (Lipinski definition) is 0. The van der Waals surface area contributed by atoms with E-state index in [9.17, 15) is 0 Å². The Hall–Kier alpha value is -2.08. The average Bonchev–Trinajstić information content (AvgIpc) is 2.41. The Morgan fingerprint density at radius 3 is 1.90 bits per heavy atom. The van der Waals surface area contributed by atoms with Crippen LogP contribution in [-0.2, 0) is 0 Å². The Labute approximate surface area is 121 Å². The molecule has 0 atom stereocenters. The van der Waals surface area contributed by atoms with Crippen molar-refractivity contribution in [2.24, 2.45) is 0 Å². The molecule has 3 rings (SSSR count). The third kappa shape index (κ3) is 2.02. The maximum absolute atomic E-state index is 2.31. The predicted octanol–water partition coefficient (Wildman–Crippen LogP) is 5.74. The van der Waals surface area contributed by atoms with Gasteiger partial charge in [-0.15, -0.1) is 0 Å². The van der Waals surface area contributed by atoms with Gasteiger partial charge in [0.25, 0.3) is 0 Å².